The summed E-state index contributed by atoms with van der Waals surface area (Å²) in [5.74, 6) is 0.00348. The molecule has 0 bridgehead atoms. The van der Waals surface area contributed by atoms with Crippen molar-refractivity contribution in [3.8, 4) is 11.5 Å². The number of hydrogen-bond acceptors (Lipinski definition) is 7. The van der Waals surface area contributed by atoms with Gasteiger partial charge in [0, 0.05) is 15.6 Å². The van der Waals surface area contributed by atoms with Crippen LogP contribution in [0.2, 0.25) is 10.0 Å². The van der Waals surface area contributed by atoms with Crippen LogP contribution in [0, 0.1) is 5.82 Å². The number of esters is 1. The van der Waals surface area contributed by atoms with Gasteiger partial charge in [0.25, 0.3) is 5.56 Å². The van der Waals surface area contributed by atoms with Crippen molar-refractivity contribution in [3.05, 3.63) is 124 Å². The molecule has 0 amide bonds. The molecule has 2 heterocycles. The van der Waals surface area contributed by atoms with E-state index in [1.807, 2.05) is 13.0 Å². The molecule has 11 heteroatoms. The van der Waals surface area contributed by atoms with E-state index in [4.69, 9.17) is 37.4 Å². The summed E-state index contributed by atoms with van der Waals surface area (Å²) in [7, 11) is 0. The first-order valence-corrected chi connectivity index (χ1v) is 15.1. The molecule has 222 valence electrons. The predicted molar refractivity (Wildman–Crippen MR) is 165 cm³/mol. The third kappa shape index (κ3) is 6.54. The highest BCUT2D eigenvalue weighted by Crippen LogP contribution is 2.32. The largest absolute Gasteiger partial charge is 0.490 e. The average Bonchev–Trinajstić information content (AvgIpc) is 3.27. The zero-order valence-electron chi connectivity index (χ0n) is 23.5. The number of benzene rings is 3. The Morgan fingerprint density at radius 3 is 2.49 bits per heavy atom. The minimum atomic E-state index is -0.826. The molecule has 0 radical (unpaired) electrons. The van der Waals surface area contributed by atoms with Gasteiger partial charge in [-0.1, -0.05) is 58.8 Å². The van der Waals surface area contributed by atoms with E-state index in [9.17, 15) is 14.0 Å². The van der Waals surface area contributed by atoms with Gasteiger partial charge in [0.05, 0.1) is 35.1 Å². The number of hydrogen-bond donors (Lipinski definition) is 0. The van der Waals surface area contributed by atoms with Gasteiger partial charge >= 0.3 is 5.97 Å². The summed E-state index contributed by atoms with van der Waals surface area (Å²) in [6.45, 7) is 6.03. The number of aromatic nitrogens is 1. The van der Waals surface area contributed by atoms with Gasteiger partial charge in [0.1, 0.15) is 12.4 Å². The van der Waals surface area contributed by atoms with Crippen LogP contribution in [0.5, 0.6) is 11.5 Å². The van der Waals surface area contributed by atoms with Gasteiger partial charge in [-0.2, -0.15) is 0 Å². The van der Waals surface area contributed by atoms with Gasteiger partial charge in [-0.25, -0.2) is 14.2 Å². The predicted octanol–water partition coefficient (Wildman–Crippen LogP) is 6.22. The number of nitrogens with zero attached hydrogens (tertiary/aromatic N) is 2. The fraction of sp³-hybridized carbons (Fsp3) is 0.219. The number of halogens is 3. The monoisotopic (exact) mass is 640 g/mol. The summed E-state index contributed by atoms with van der Waals surface area (Å²) >= 11 is 13.5. The Morgan fingerprint density at radius 2 is 1.79 bits per heavy atom. The fourth-order valence-electron chi connectivity index (χ4n) is 4.70. The number of fused-ring (bicyclic) bond motifs is 1. The highest BCUT2D eigenvalue weighted by molar-refractivity contribution is 7.07. The van der Waals surface area contributed by atoms with Crippen molar-refractivity contribution in [1.82, 2.24) is 4.57 Å². The zero-order chi connectivity index (χ0) is 30.7. The molecule has 0 saturated heterocycles. The van der Waals surface area contributed by atoms with Gasteiger partial charge in [-0.15, -0.1) is 0 Å². The standard InChI is InChI=1S/C32H27Cl2FN2O5S/c1-4-40-26-14-19(6-13-25(26)42-17-21-7-10-22(33)16-24(21)34)15-27-30(38)37-29(20-8-11-23(35)12-9-20)28(31(39)41-5-2)18(3)36-32(37)43-27/h6-16,29H,4-5,17H2,1-3H3/b27-15-/t29-/m1/s1. The molecule has 4 aromatic rings. The Bertz CT molecular complexity index is 1900. The smallest absolute Gasteiger partial charge is 0.338 e. The Hall–Kier alpha value is -3.92. The second-order valence-electron chi connectivity index (χ2n) is 9.52. The van der Waals surface area contributed by atoms with Crippen LogP contribution in [0.3, 0.4) is 0 Å². The maximum atomic E-state index is 13.8. The number of carbonyl (C=O) groups excluding carboxylic acids is 1. The van der Waals surface area contributed by atoms with Crippen molar-refractivity contribution < 1.29 is 23.4 Å². The molecule has 3 aromatic carbocycles. The molecule has 0 saturated carbocycles. The second kappa shape index (κ2) is 13.2. The molecule has 1 atom stereocenters. The van der Waals surface area contributed by atoms with E-state index in [0.29, 0.717) is 54.3 Å². The third-order valence-corrected chi connectivity index (χ3v) is 8.24. The van der Waals surface area contributed by atoms with Crippen molar-refractivity contribution in [2.75, 3.05) is 13.2 Å². The average molecular weight is 642 g/mol. The minimum absolute atomic E-state index is 0.158. The highest BCUT2D eigenvalue weighted by Gasteiger charge is 2.33. The van der Waals surface area contributed by atoms with E-state index >= 15 is 0 Å². The lowest BCUT2D eigenvalue weighted by Crippen LogP contribution is -2.39. The van der Waals surface area contributed by atoms with Crippen molar-refractivity contribution in [3.63, 3.8) is 0 Å². The van der Waals surface area contributed by atoms with Crippen LogP contribution in [0.25, 0.3) is 6.08 Å². The van der Waals surface area contributed by atoms with Crippen LogP contribution in [0.1, 0.15) is 43.5 Å². The Balaban J connectivity index is 1.54. The molecule has 7 nitrogen and oxygen atoms in total. The highest BCUT2D eigenvalue weighted by atomic mass is 35.5. The molecule has 1 aromatic heterocycles. The molecule has 0 spiro atoms. The maximum absolute atomic E-state index is 13.8. The van der Waals surface area contributed by atoms with Crippen molar-refractivity contribution >= 4 is 46.6 Å². The number of thiazole rings is 1. The van der Waals surface area contributed by atoms with Crippen LogP contribution in [0.15, 0.2) is 81.7 Å². The summed E-state index contributed by atoms with van der Waals surface area (Å²) < 4.78 is 32.8. The molecule has 0 fully saturated rings. The first-order valence-electron chi connectivity index (χ1n) is 13.5. The van der Waals surface area contributed by atoms with Crippen LogP contribution in [-0.4, -0.2) is 23.8 Å². The Morgan fingerprint density at radius 1 is 1.02 bits per heavy atom. The molecule has 0 N–H and O–H groups in total. The van der Waals surface area contributed by atoms with Crippen LogP contribution in [0.4, 0.5) is 4.39 Å². The van der Waals surface area contributed by atoms with Crippen LogP contribution < -0.4 is 24.4 Å². The summed E-state index contributed by atoms with van der Waals surface area (Å²) in [6, 6.07) is 15.4. The van der Waals surface area contributed by atoms with Crippen LogP contribution in [-0.2, 0) is 16.1 Å². The van der Waals surface area contributed by atoms with Gasteiger partial charge in [0.15, 0.2) is 16.3 Å². The lowest BCUT2D eigenvalue weighted by atomic mass is 9.96. The normalized spacial score (nSPS) is 14.7. The summed E-state index contributed by atoms with van der Waals surface area (Å²) in [6.07, 6.45) is 1.73. The maximum Gasteiger partial charge on any atom is 0.338 e. The molecular weight excluding hydrogens is 614 g/mol. The van der Waals surface area contributed by atoms with E-state index in [-0.39, 0.29) is 24.3 Å². The number of carbonyl (C=O) groups is 1. The summed E-state index contributed by atoms with van der Waals surface area (Å²) in [4.78, 5) is 31.9. The Kier molecular flexibility index (Phi) is 9.34. The van der Waals surface area contributed by atoms with Crippen molar-refractivity contribution in [1.29, 1.82) is 0 Å². The molecule has 1 aliphatic rings. The second-order valence-corrected chi connectivity index (χ2v) is 11.4. The van der Waals surface area contributed by atoms with Gasteiger partial charge in [0.2, 0.25) is 0 Å². The van der Waals surface area contributed by atoms with Gasteiger partial charge in [-0.05, 0) is 74.4 Å². The summed E-state index contributed by atoms with van der Waals surface area (Å²) in [5.41, 5.74) is 2.35. The minimum Gasteiger partial charge on any atom is -0.490 e. The first-order chi connectivity index (χ1) is 20.7. The fourth-order valence-corrected chi connectivity index (χ4v) is 6.21. The zero-order valence-corrected chi connectivity index (χ0v) is 25.9. The molecule has 5 rings (SSSR count). The molecule has 43 heavy (non-hydrogen) atoms. The number of rotatable bonds is 9. The summed E-state index contributed by atoms with van der Waals surface area (Å²) in [5, 5.41) is 1.03. The lowest BCUT2D eigenvalue weighted by Gasteiger charge is -2.24. The lowest BCUT2D eigenvalue weighted by molar-refractivity contribution is -0.139. The first kappa shape index (κ1) is 30.5. The van der Waals surface area contributed by atoms with E-state index in [0.717, 1.165) is 5.56 Å². The number of ether oxygens (including phenoxy) is 3. The molecule has 0 aliphatic carbocycles. The molecular formula is C32H27Cl2FN2O5S. The van der Waals surface area contributed by atoms with E-state index < -0.39 is 17.8 Å². The van der Waals surface area contributed by atoms with Crippen molar-refractivity contribution in [2.24, 2.45) is 4.99 Å². The van der Waals surface area contributed by atoms with Crippen LogP contribution >= 0.6 is 34.5 Å². The SMILES string of the molecule is CCOC(=O)C1=C(C)N=c2s/c(=C\c3ccc(OCc4ccc(Cl)cc4Cl)c(OCC)c3)c(=O)n2[C@@H]1c1ccc(F)cc1. The van der Waals surface area contributed by atoms with E-state index in [2.05, 4.69) is 4.99 Å². The van der Waals surface area contributed by atoms with Crippen molar-refractivity contribution in [2.45, 2.75) is 33.4 Å². The topological polar surface area (TPSA) is 79.1 Å². The van der Waals surface area contributed by atoms with Gasteiger partial charge in [-0.3, -0.25) is 9.36 Å². The quantitative estimate of drug-likeness (QED) is 0.203. The van der Waals surface area contributed by atoms with E-state index in [1.165, 1.54) is 28.0 Å². The molecule has 1 aliphatic heterocycles. The van der Waals surface area contributed by atoms with Gasteiger partial charge < -0.3 is 14.2 Å². The Labute approximate surface area is 261 Å². The third-order valence-electron chi connectivity index (χ3n) is 6.67. The van der Waals surface area contributed by atoms with E-state index in [1.54, 1.807) is 62.4 Å². The number of allylic oxidation sites excluding steroid dienone is 1. The molecule has 0 unspecified atom stereocenters.